The van der Waals surface area contributed by atoms with E-state index in [4.69, 9.17) is 0 Å². The van der Waals surface area contributed by atoms with Gasteiger partial charge in [-0.05, 0) is 32.0 Å². The number of thiazole rings is 1. The molecule has 2 amide bonds. The number of amides is 2. The van der Waals surface area contributed by atoms with Crippen LogP contribution in [0.1, 0.15) is 68.3 Å². The molecule has 3 aliphatic rings. The van der Waals surface area contributed by atoms with E-state index in [1.807, 2.05) is 6.07 Å². The minimum atomic E-state index is -0.115. The van der Waals surface area contributed by atoms with E-state index in [1.54, 1.807) is 0 Å². The number of nitrogens with zero attached hydrogens (tertiary/aromatic N) is 2. The van der Waals surface area contributed by atoms with Crippen LogP contribution in [0.4, 0.5) is 0 Å². The van der Waals surface area contributed by atoms with Gasteiger partial charge < -0.3 is 25.8 Å². The topological polar surface area (TPSA) is 102 Å². The van der Waals surface area contributed by atoms with Crippen molar-refractivity contribution < 1.29 is 9.59 Å². The Balaban J connectivity index is 1.18. The third-order valence-electron chi connectivity index (χ3n) is 6.95. The first kappa shape index (κ1) is 22.3. The second kappa shape index (κ2) is 9.04. The smallest absolute Gasteiger partial charge is 0.280 e. The highest BCUT2D eigenvalue weighted by Crippen LogP contribution is 2.33. The molecule has 176 valence electrons. The Hall–Kier alpha value is -2.49. The van der Waals surface area contributed by atoms with Gasteiger partial charge in [0.1, 0.15) is 5.69 Å². The summed E-state index contributed by atoms with van der Waals surface area (Å²) in [6, 6.07) is 1.90. The first-order chi connectivity index (χ1) is 15.9. The second-order valence-electron chi connectivity index (χ2n) is 9.73. The zero-order valence-electron chi connectivity index (χ0n) is 19.5. The molecule has 1 fully saturated rings. The lowest BCUT2D eigenvalue weighted by Gasteiger charge is -2.20. The van der Waals surface area contributed by atoms with Crippen molar-refractivity contribution in [3.8, 4) is 0 Å². The van der Waals surface area contributed by atoms with Crippen LogP contribution in [0.25, 0.3) is 6.08 Å². The monoisotopic (exact) mass is 468 g/mol. The molecule has 33 heavy (non-hydrogen) atoms. The lowest BCUT2D eigenvalue weighted by Crippen LogP contribution is -2.44. The number of hydrogen-bond acceptors (Lipinski definition) is 6. The molecular weight excluding hydrogens is 436 g/mol. The largest absolute Gasteiger partial charge is 0.354 e. The Kier molecular flexibility index (Phi) is 6.11. The Bertz CT molecular complexity index is 1100. The SMILES string of the molecule is CC1=Cc2cc(C(=O)NC[C@@H]3CNC[C@H]3NC(=O)c3nc4c(s3)CN(C)CC4)[nH]c2C(C)C1. The average Bonchev–Trinajstić information content (AvgIpc) is 3.49. The molecule has 0 bridgehead atoms. The van der Waals surface area contributed by atoms with Crippen LogP contribution in [0, 0.1) is 5.92 Å². The van der Waals surface area contributed by atoms with Gasteiger partial charge in [-0.25, -0.2) is 4.98 Å². The molecule has 1 saturated heterocycles. The number of carbonyl (C=O) groups excluding carboxylic acids is 2. The lowest BCUT2D eigenvalue weighted by molar-refractivity contribution is 0.0925. The molecule has 2 aromatic rings. The Morgan fingerprint density at radius 1 is 1.30 bits per heavy atom. The van der Waals surface area contributed by atoms with Crippen molar-refractivity contribution in [2.24, 2.45) is 5.92 Å². The summed E-state index contributed by atoms with van der Waals surface area (Å²) in [5, 5.41) is 10.1. The summed E-state index contributed by atoms with van der Waals surface area (Å²) in [4.78, 5) is 37.0. The van der Waals surface area contributed by atoms with Gasteiger partial charge in [-0.15, -0.1) is 11.3 Å². The van der Waals surface area contributed by atoms with Crippen LogP contribution in [-0.2, 0) is 13.0 Å². The number of fused-ring (bicyclic) bond motifs is 2. The second-order valence-corrected chi connectivity index (χ2v) is 10.8. The number of allylic oxidation sites excluding steroid dienone is 1. The van der Waals surface area contributed by atoms with E-state index >= 15 is 0 Å². The first-order valence-electron chi connectivity index (χ1n) is 11.7. The first-order valence-corrected chi connectivity index (χ1v) is 12.6. The van der Waals surface area contributed by atoms with Crippen LogP contribution in [0.5, 0.6) is 0 Å². The fourth-order valence-corrected chi connectivity index (χ4v) is 6.22. The lowest BCUT2D eigenvalue weighted by atomic mass is 9.90. The zero-order chi connectivity index (χ0) is 23.1. The van der Waals surface area contributed by atoms with Crippen molar-refractivity contribution >= 4 is 29.2 Å². The van der Waals surface area contributed by atoms with Crippen LogP contribution in [0.2, 0.25) is 0 Å². The summed E-state index contributed by atoms with van der Waals surface area (Å²) in [6.45, 7) is 8.10. The fraction of sp³-hybridized carbons (Fsp3) is 0.542. The normalized spacial score (nSPS) is 24.7. The van der Waals surface area contributed by atoms with Crippen molar-refractivity contribution in [2.45, 2.75) is 45.2 Å². The van der Waals surface area contributed by atoms with Gasteiger partial charge in [0.2, 0.25) is 0 Å². The highest BCUT2D eigenvalue weighted by Gasteiger charge is 2.31. The third kappa shape index (κ3) is 4.62. The Morgan fingerprint density at radius 2 is 2.15 bits per heavy atom. The van der Waals surface area contributed by atoms with E-state index < -0.39 is 0 Å². The minimum absolute atomic E-state index is 0.0381. The number of hydrogen-bond donors (Lipinski definition) is 4. The van der Waals surface area contributed by atoms with Crippen molar-refractivity contribution in [2.75, 3.05) is 33.2 Å². The fourth-order valence-electron chi connectivity index (χ4n) is 5.13. The molecule has 1 unspecified atom stereocenters. The van der Waals surface area contributed by atoms with Gasteiger partial charge in [0.05, 0.1) is 5.69 Å². The van der Waals surface area contributed by atoms with Gasteiger partial charge in [-0.3, -0.25) is 9.59 Å². The number of carbonyl (C=O) groups is 2. The molecule has 0 aromatic carbocycles. The quantitative estimate of drug-likeness (QED) is 0.538. The number of H-pyrrole nitrogens is 1. The van der Waals surface area contributed by atoms with E-state index in [9.17, 15) is 9.59 Å². The summed E-state index contributed by atoms with van der Waals surface area (Å²) < 4.78 is 0. The maximum Gasteiger partial charge on any atom is 0.280 e. The van der Waals surface area contributed by atoms with Crippen LogP contribution in [0.15, 0.2) is 11.6 Å². The van der Waals surface area contributed by atoms with E-state index in [-0.39, 0.29) is 23.8 Å². The molecule has 2 aliphatic heterocycles. The number of aromatic nitrogens is 2. The van der Waals surface area contributed by atoms with E-state index in [0.29, 0.717) is 29.7 Å². The number of likely N-dealkylation sites (N-methyl/N-ethyl adjacent to an activating group) is 1. The van der Waals surface area contributed by atoms with Crippen LogP contribution < -0.4 is 16.0 Å². The number of aromatic amines is 1. The summed E-state index contributed by atoms with van der Waals surface area (Å²) >= 11 is 1.50. The van der Waals surface area contributed by atoms with E-state index in [0.717, 1.165) is 49.4 Å². The highest BCUT2D eigenvalue weighted by atomic mass is 32.1. The van der Waals surface area contributed by atoms with Crippen molar-refractivity contribution in [1.82, 2.24) is 30.8 Å². The molecule has 4 heterocycles. The Labute approximate surface area is 198 Å². The predicted molar refractivity (Wildman–Crippen MR) is 130 cm³/mol. The third-order valence-corrected chi connectivity index (χ3v) is 8.03. The van der Waals surface area contributed by atoms with Crippen LogP contribution >= 0.6 is 11.3 Å². The molecular formula is C24H32N6O2S. The predicted octanol–water partition coefficient (Wildman–Crippen LogP) is 2.12. The van der Waals surface area contributed by atoms with Gasteiger partial charge >= 0.3 is 0 Å². The maximum absolute atomic E-state index is 12.9. The van der Waals surface area contributed by atoms with Crippen molar-refractivity contribution in [3.63, 3.8) is 0 Å². The summed E-state index contributed by atoms with van der Waals surface area (Å²) in [5.74, 6) is 0.304. The van der Waals surface area contributed by atoms with Gasteiger partial charge in [0, 0.05) is 67.6 Å². The summed E-state index contributed by atoms with van der Waals surface area (Å²) in [5.41, 5.74) is 5.24. The summed E-state index contributed by atoms with van der Waals surface area (Å²) in [6.07, 6.45) is 4.07. The van der Waals surface area contributed by atoms with Gasteiger partial charge in [0.25, 0.3) is 11.8 Å². The van der Waals surface area contributed by atoms with Gasteiger partial charge in [-0.1, -0.05) is 18.6 Å². The van der Waals surface area contributed by atoms with E-state index in [1.165, 1.54) is 21.8 Å². The molecule has 1 aliphatic carbocycles. The van der Waals surface area contributed by atoms with Crippen LogP contribution in [-0.4, -0.2) is 66.0 Å². The maximum atomic E-state index is 12.9. The summed E-state index contributed by atoms with van der Waals surface area (Å²) in [7, 11) is 2.09. The molecule has 3 atom stereocenters. The molecule has 9 heteroatoms. The molecule has 2 aromatic heterocycles. The van der Waals surface area contributed by atoms with E-state index in [2.05, 4.69) is 57.8 Å². The van der Waals surface area contributed by atoms with Crippen molar-refractivity contribution in [3.05, 3.63) is 44.2 Å². The zero-order valence-corrected chi connectivity index (χ0v) is 20.3. The van der Waals surface area contributed by atoms with Crippen LogP contribution in [0.3, 0.4) is 0 Å². The highest BCUT2D eigenvalue weighted by molar-refractivity contribution is 7.13. The molecule has 0 spiro atoms. The molecule has 0 saturated carbocycles. The minimum Gasteiger partial charge on any atom is -0.354 e. The standard InChI is InChI=1S/C24H32N6O2S/c1-13-6-14(2)21-15(7-13)8-18(27-21)22(31)26-10-16-9-25-11-19(16)28-23(32)24-29-17-4-5-30(3)12-20(17)33-24/h7-8,14,16,19,25,27H,4-6,9-12H2,1-3H3,(H,26,31)(H,28,32)/t14?,16-,19+/m0/s1. The Morgan fingerprint density at radius 3 is 3.00 bits per heavy atom. The van der Waals surface area contributed by atoms with Gasteiger partial charge in [0.15, 0.2) is 5.01 Å². The molecule has 4 N–H and O–H groups in total. The van der Waals surface area contributed by atoms with Gasteiger partial charge in [-0.2, -0.15) is 0 Å². The molecule has 8 nitrogen and oxygen atoms in total. The van der Waals surface area contributed by atoms with Crippen molar-refractivity contribution in [1.29, 1.82) is 0 Å². The average molecular weight is 469 g/mol. The molecule has 0 radical (unpaired) electrons. The number of nitrogens with one attached hydrogen (secondary N) is 4. The number of rotatable bonds is 5. The molecule has 5 rings (SSSR count).